The lowest BCUT2D eigenvalue weighted by atomic mass is 9.79. The standard InChI is InChI=1S/C17H16ClNO4/c1-8(20)23-13-6-9-5-12(13)15-14(9)16(21)19(17(15)22)11-4-2-3-10(18)7-11/h2-4,7,9,12-15H,5-6H2,1H3. The van der Waals surface area contributed by atoms with Crippen LogP contribution in [0.25, 0.3) is 0 Å². The number of esters is 1. The van der Waals surface area contributed by atoms with E-state index in [0.717, 1.165) is 6.42 Å². The van der Waals surface area contributed by atoms with E-state index in [1.165, 1.54) is 11.8 Å². The SMILES string of the molecule is CC(=O)OC1CC2CC1C1C(=O)N(c3cccc(Cl)c3)C(=O)C21. The van der Waals surface area contributed by atoms with Crippen LogP contribution in [-0.2, 0) is 19.1 Å². The van der Waals surface area contributed by atoms with Gasteiger partial charge in [-0.2, -0.15) is 0 Å². The van der Waals surface area contributed by atoms with Crippen LogP contribution in [0.15, 0.2) is 24.3 Å². The molecule has 1 aliphatic heterocycles. The first-order valence-electron chi connectivity index (χ1n) is 7.78. The van der Waals surface area contributed by atoms with E-state index < -0.39 is 0 Å². The van der Waals surface area contributed by atoms with Crippen LogP contribution in [0.4, 0.5) is 5.69 Å². The Morgan fingerprint density at radius 3 is 2.65 bits per heavy atom. The zero-order valence-electron chi connectivity index (χ0n) is 12.6. The Bertz CT molecular complexity index is 718. The minimum absolute atomic E-state index is 0.0467. The van der Waals surface area contributed by atoms with E-state index in [1.54, 1.807) is 24.3 Å². The van der Waals surface area contributed by atoms with Crippen molar-refractivity contribution in [1.82, 2.24) is 0 Å². The molecule has 2 bridgehead atoms. The highest BCUT2D eigenvalue weighted by Crippen LogP contribution is 2.57. The minimum Gasteiger partial charge on any atom is -0.462 e. The number of amides is 2. The van der Waals surface area contributed by atoms with E-state index >= 15 is 0 Å². The van der Waals surface area contributed by atoms with E-state index in [0.29, 0.717) is 17.1 Å². The van der Waals surface area contributed by atoms with Crippen LogP contribution in [0.3, 0.4) is 0 Å². The zero-order chi connectivity index (χ0) is 16.3. The lowest BCUT2D eigenvalue weighted by molar-refractivity contribution is -0.151. The van der Waals surface area contributed by atoms with Crippen molar-refractivity contribution in [2.24, 2.45) is 23.7 Å². The number of halogens is 1. The number of imide groups is 1. The molecule has 0 N–H and O–H groups in total. The lowest BCUT2D eigenvalue weighted by Crippen LogP contribution is -2.36. The molecular formula is C17H16ClNO4. The largest absolute Gasteiger partial charge is 0.462 e. The minimum atomic E-state index is -0.371. The van der Waals surface area contributed by atoms with Gasteiger partial charge in [-0.3, -0.25) is 14.4 Å². The Labute approximate surface area is 138 Å². The van der Waals surface area contributed by atoms with Gasteiger partial charge in [-0.05, 0) is 37.0 Å². The van der Waals surface area contributed by atoms with Gasteiger partial charge in [0.05, 0.1) is 17.5 Å². The summed E-state index contributed by atoms with van der Waals surface area (Å²) in [6.45, 7) is 1.38. The van der Waals surface area contributed by atoms with Crippen LogP contribution in [-0.4, -0.2) is 23.9 Å². The molecule has 0 aromatic heterocycles. The first-order chi connectivity index (χ1) is 11.0. The van der Waals surface area contributed by atoms with Gasteiger partial charge < -0.3 is 4.74 Å². The number of nitrogens with zero attached hydrogens (tertiary/aromatic N) is 1. The quantitative estimate of drug-likeness (QED) is 0.616. The highest BCUT2D eigenvalue weighted by atomic mass is 35.5. The third-order valence-electron chi connectivity index (χ3n) is 5.34. The van der Waals surface area contributed by atoms with Crippen molar-refractivity contribution in [3.8, 4) is 0 Å². The van der Waals surface area contributed by atoms with Crippen molar-refractivity contribution < 1.29 is 19.1 Å². The van der Waals surface area contributed by atoms with Crippen LogP contribution in [0, 0.1) is 23.7 Å². The van der Waals surface area contributed by atoms with Gasteiger partial charge in [-0.1, -0.05) is 17.7 Å². The number of anilines is 1. The van der Waals surface area contributed by atoms with Crippen molar-refractivity contribution in [2.75, 3.05) is 4.90 Å². The maximum atomic E-state index is 12.9. The van der Waals surface area contributed by atoms with E-state index in [2.05, 4.69) is 0 Å². The second-order valence-electron chi connectivity index (χ2n) is 6.59. The summed E-state index contributed by atoms with van der Waals surface area (Å²) in [6.07, 6.45) is 1.22. The van der Waals surface area contributed by atoms with Crippen molar-refractivity contribution in [3.05, 3.63) is 29.3 Å². The number of carbonyl (C=O) groups is 3. The van der Waals surface area contributed by atoms with Crippen LogP contribution >= 0.6 is 11.6 Å². The number of fused-ring (bicyclic) bond motifs is 5. The number of benzene rings is 1. The molecule has 6 heteroatoms. The molecule has 120 valence electrons. The molecule has 1 heterocycles. The fraction of sp³-hybridized carbons (Fsp3) is 0.471. The summed E-state index contributed by atoms with van der Waals surface area (Å²) >= 11 is 5.98. The molecule has 1 aromatic rings. The van der Waals surface area contributed by atoms with E-state index in [9.17, 15) is 14.4 Å². The average Bonchev–Trinajstić information content (AvgIpc) is 3.10. The van der Waals surface area contributed by atoms with Gasteiger partial charge in [-0.25, -0.2) is 4.90 Å². The zero-order valence-corrected chi connectivity index (χ0v) is 13.3. The van der Waals surface area contributed by atoms with Crippen molar-refractivity contribution in [1.29, 1.82) is 0 Å². The Morgan fingerprint density at radius 1 is 1.22 bits per heavy atom. The highest BCUT2D eigenvalue weighted by molar-refractivity contribution is 6.31. The highest BCUT2D eigenvalue weighted by Gasteiger charge is 2.64. The third-order valence-corrected chi connectivity index (χ3v) is 5.57. The van der Waals surface area contributed by atoms with Crippen LogP contribution < -0.4 is 4.90 Å². The first-order valence-corrected chi connectivity index (χ1v) is 8.16. The summed E-state index contributed by atoms with van der Waals surface area (Å²) in [4.78, 5) is 38.1. The normalized spacial score (nSPS) is 34.9. The molecule has 5 atom stereocenters. The Kier molecular flexibility index (Phi) is 3.23. The third kappa shape index (κ3) is 2.10. The summed E-state index contributed by atoms with van der Waals surface area (Å²) in [7, 11) is 0. The molecule has 5 unspecified atom stereocenters. The smallest absolute Gasteiger partial charge is 0.302 e. The van der Waals surface area contributed by atoms with Gasteiger partial charge in [-0.15, -0.1) is 0 Å². The second-order valence-corrected chi connectivity index (χ2v) is 7.02. The van der Waals surface area contributed by atoms with Gasteiger partial charge in [0.2, 0.25) is 11.8 Å². The maximum Gasteiger partial charge on any atom is 0.302 e. The van der Waals surface area contributed by atoms with Gasteiger partial charge in [0, 0.05) is 17.9 Å². The fourth-order valence-electron chi connectivity index (χ4n) is 4.62. The van der Waals surface area contributed by atoms with Crippen LogP contribution in [0.2, 0.25) is 5.02 Å². The number of ether oxygens (including phenoxy) is 1. The molecule has 2 saturated carbocycles. The molecule has 2 aliphatic carbocycles. The Hall–Kier alpha value is -1.88. The van der Waals surface area contributed by atoms with Crippen molar-refractivity contribution in [2.45, 2.75) is 25.9 Å². The molecule has 23 heavy (non-hydrogen) atoms. The molecule has 1 saturated heterocycles. The molecule has 4 rings (SSSR count). The second kappa shape index (κ2) is 5.06. The average molecular weight is 334 g/mol. The van der Waals surface area contributed by atoms with Crippen LogP contribution in [0.1, 0.15) is 19.8 Å². The number of hydrogen-bond acceptors (Lipinski definition) is 4. The van der Waals surface area contributed by atoms with Gasteiger partial charge in [0.25, 0.3) is 0 Å². The molecule has 2 amide bonds. The molecular weight excluding hydrogens is 318 g/mol. The molecule has 0 radical (unpaired) electrons. The number of hydrogen-bond donors (Lipinski definition) is 0. The first kappa shape index (κ1) is 14.7. The Morgan fingerprint density at radius 2 is 1.96 bits per heavy atom. The molecule has 3 aliphatic rings. The number of rotatable bonds is 2. The molecule has 1 aromatic carbocycles. The maximum absolute atomic E-state index is 12.9. The Balaban J connectivity index is 1.65. The lowest BCUT2D eigenvalue weighted by Gasteiger charge is -2.27. The topological polar surface area (TPSA) is 63.7 Å². The molecule has 3 fully saturated rings. The summed E-state index contributed by atoms with van der Waals surface area (Å²) in [5, 5.41) is 0.487. The monoisotopic (exact) mass is 333 g/mol. The molecule has 0 spiro atoms. The van der Waals surface area contributed by atoms with E-state index in [1.807, 2.05) is 0 Å². The molecule has 5 nitrogen and oxygen atoms in total. The van der Waals surface area contributed by atoms with Gasteiger partial charge in [0.1, 0.15) is 6.10 Å². The van der Waals surface area contributed by atoms with E-state index in [-0.39, 0.29) is 47.6 Å². The predicted molar refractivity (Wildman–Crippen MR) is 82.7 cm³/mol. The fourth-order valence-corrected chi connectivity index (χ4v) is 4.80. The summed E-state index contributed by atoms with van der Waals surface area (Å²) in [5.74, 6) is -1.24. The van der Waals surface area contributed by atoms with E-state index in [4.69, 9.17) is 16.3 Å². The summed E-state index contributed by atoms with van der Waals surface area (Å²) in [5.41, 5.74) is 0.519. The van der Waals surface area contributed by atoms with Gasteiger partial charge >= 0.3 is 5.97 Å². The van der Waals surface area contributed by atoms with Gasteiger partial charge in [0.15, 0.2) is 0 Å². The van der Waals surface area contributed by atoms with Crippen molar-refractivity contribution >= 4 is 35.1 Å². The predicted octanol–water partition coefficient (Wildman–Crippen LogP) is 2.42. The van der Waals surface area contributed by atoms with Crippen LogP contribution in [0.5, 0.6) is 0 Å². The van der Waals surface area contributed by atoms with Crippen molar-refractivity contribution in [3.63, 3.8) is 0 Å². The summed E-state index contributed by atoms with van der Waals surface area (Å²) < 4.78 is 5.35. The summed E-state index contributed by atoms with van der Waals surface area (Å²) in [6, 6.07) is 6.78. The number of carbonyl (C=O) groups excluding carboxylic acids is 3.